The molecule has 0 aliphatic rings. The van der Waals surface area contributed by atoms with Gasteiger partial charge in [0.1, 0.15) is 5.82 Å². The van der Waals surface area contributed by atoms with Gasteiger partial charge in [-0.25, -0.2) is 4.39 Å². The lowest BCUT2D eigenvalue weighted by Crippen LogP contribution is -2.01. The first-order valence-corrected chi connectivity index (χ1v) is 3.54. The summed E-state index contributed by atoms with van der Waals surface area (Å²) in [4.78, 5) is 0. The van der Waals surface area contributed by atoms with Crippen molar-refractivity contribution in [1.29, 1.82) is 0 Å². The molecule has 0 aromatic carbocycles. The summed E-state index contributed by atoms with van der Waals surface area (Å²) < 4.78 is 26.8. The predicted octanol–water partition coefficient (Wildman–Crippen LogP) is 2.43. The summed E-state index contributed by atoms with van der Waals surface area (Å²) in [6.45, 7) is 3.66. The van der Waals surface area contributed by atoms with Crippen LogP contribution in [-0.2, 0) is 7.05 Å². The highest BCUT2D eigenvalue weighted by atomic mass is 19.1. The topological polar surface area (TPSA) is 4.93 Å². The molecule has 11 heavy (non-hydrogen) atoms. The van der Waals surface area contributed by atoms with E-state index in [2.05, 4.69) is 0 Å². The minimum absolute atomic E-state index is 0.0181. The van der Waals surface area contributed by atoms with Gasteiger partial charge in [0.25, 0.3) is 0 Å². The quantitative estimate of drug-likeness (QED) is 0.593. The second-order valence-electron chi connectivity index (χ2n) is 2.91. The average molecular weight is 159 g/mol. The molecule has 0 atom stereocenters. The summed E-state index contributed by atoms with van der Waals surface area (Å²) >= 11 is 0. The number of rotatable bonds is 1. The second kappa shape index (κ2) is 2.64. The Morgan fingerprint density at radius 2 is 1.91 bits per heavy atom. The minimum atomic E-state index is -0.522. The van der Waals surface area contributed by atoms with Crippen molar-refractivity contribution in [2.24, 2.45) is 7.05 Å². The van der Waals surface area contributed by atoms with Crippen molar-refractivity contribution in [3.63, 3.8) is 0 Å². The van der Waals surface area contributed by atoms with Crippen LogP contribution in [0.15, 0.2) is 6.07 Å². The third-order valence-electron chi connectivity index (χ3n) is 1.72. The first-order chi connectivity index (χ1) is 5.04. The summed E-state index contributed by atoms with van der Waals surface area (Å²) in [5.74, 6) is -0.962. The molecule has 0 saturated heterocycles. The molecule has 0 aliphatic carbocycles. The molecule has 0 bridgehead atoms. The SMILES string of the molecule is CC(C)c1c(F)cc(F)n1C. The van der Waals surface area contributed by atoms with Crippen molar-refractivity contribution in [2.45, 2.75) is 19.8 Å². The van der Waals surface area contributed by atoms with Gasteiger partial charge in [0.15, 0.2) is 5.95 Å². The summed E-state index contributed by atoms with van der Waals surface area (Å²) in [5.41, 5.74) is 0.419. The normalized spacial score (nSPS) is 11.1. The van der Waals surface area contributed by atoms with Crippen LogP contribution in [0.2, 0.25) is 0 Å². The summed E-state index contributed by atoms with van der Waals surface area (Å²) in [5, 5.41) is 0. The van der Waals surface area contributed by atoms with Crippen molar-refractivity contribution >= 4 is 0 Å². The Morgan fingerprint density at radius 3 is 2.09 bits per heavy atom. The van der Waals surface area contributed by atoms with Gasteiger partial charge in [-0.2, -0.15) is 4.39 Å². The first-order valence-electron chi connectivity index (χ1n) is 3.54. The maximum atomic E-state index is 12.9. The average Bonchev–Trinajstić information content (AvgIpc) is 2.07. The van der Waals surface area contributed by atoms with Crippen LogP contribution >= 0.6 is 0 Å². The molecule has 1 aromatic rings. The zero-order chi connectivity index (χ0) is 8.59. The largest absolute Gasteiger partial charge is 0.322 e. The fraction of sp³-hybridized carbons (Fsp3) is 0.500. The maximum absolute atomic E-state index is 12.9. The minimum Gasteiger partial charge on any atom is -0.322 e. The zero-order valence-electron chi connectivity index (χ0n) is 6.86. The van der Waals surface area contributed by atoms with E-state index in [1.54, 1.807) is 0 Å². The molecular formula is C8H11F2N. The molecule has 0 radical (unpaired) electrons. The van der Waals surface area contributed by atoms with Gasteiger partial charge < -0.3 is 4.57 Å². The molecule has 0 N–H and O–H groups in total. The molecular weight excluding hydrogens is 148 g/mol. The number of hydrogen-bond donors (Lipinski definition) is 0. The summed E-state index contributed by atoms with van der Waals surface area (Å²) in [6.07, 6.45) is 0. The molecule has 1 aromatic heterocycles. The molecule has 62 valence electrons. The molecule has 0 aliphatic heterocycles. The van der Waals surface area contributed by atoms with Gasteiger partial charge >= 0.3 is 0 Å². The Labute approximate surface area is 64.6 Å². The number of hydrogen-bond acceptors (Lipinski definition) is 0. The highest BCUT2D eigenvalue weighted by Crippen LogP contribution is 2.20. The standard InChI is InChI=1S/C8H11F2N/c1-5(2)8-6(9)4-7(10)11(8)3/h4-5H,1-3H3. The molecule has 0 fully saturated rings. The Hall–Kier alpha value is -0.860. The molecule has 0 spiro atoms. The smallest absolute Gasteiger partial charge is 0.196 e. The van der Waals surface area contributed by atoms with E-state index in [0.717, 1.165) is 6.07 Å². The van der Waals surface area contributed by atoms with E-state index in [9.17, 15) is 8.78 Å². The molecule has 1 rings (SSSR count). The van der Waals surface area contributed by atoms with E-state index in [4.69, 9.17) is 0 Å². The van der Waals surface area contributed by atoms with Crippen molar-refractivity contribution in [3.8, 4) is 0 Å². The molecule has 0 unspecified atom stereocenters. The van der Waals surface area contributed by atoms with Crippen LogP contribution in [0.4, 0.5) is 8.78 Å². The monoisotopic (exact) mass is 159 g/mol. The van der Waals surface area contributed by atoms with Crippen LogP contribution < -0.4 is 0 Å². The third kappa shape index (κ3) is 1.27. The Kier molecular flexibility index (Phi) is 1.98. The van der Waals surface area contributed by atoms with Crippen LogP contribution in [0, 0.1) is 11.8 Å². The van der Waals surface area contributed by atoms with E-state index in [-0.39, 0.29) is 5.92 Å². The first kappa shape index (κ1) is 8.24. The van der Waals surface area contributed by atoms with Crippen LogP contribution in [0.25, 0.3) is 0 Å². The van der Waals surface area contributed by atoms with Crippen molar-refractivity contribution in [1.82, 2.24) is 4.57 Å². The highest BCUT2D eigenvalue weighted by Gasteiger charge is 2.14. The van der Waals surface area contributed by atoms with E-state index < -0.39 is 11.8 Å². The number of aromatic nitrogens is 1. The van der Waals surface area contributed by atoms with Crippen LogP contribution in [0.5, 0.6) is 0 Å². The molecule has 0 amide bonds. The fourth-order valence-electron chi connectivity index (χ4n) is 1.21. The predicted molar refractivity (Wildman–Crippen MR) is 39.4 cm³/mol. The Morgan fingerprint density at radius 1 is 1.36 bits per heavy atom. The van der Waals surface area contributed by atoms with Gasteiger partial charge in [0, 0.05) is 13.1 Å². The van der Waals surface area contributed by atoms with Gasteiger partial charge in [0.05, 0.1) is 5.69 Å². The van der Waals surface area contributed by atoms with Gasteiger partial charge in [-0.05, 0) is 5.92 Å². The summed E-state index contributed by atoms with van der Waals surface area (Å²) in [7, 11) is 1.52. The van der Waals surface area contributed by atoms with E-state index in [1.807, 2.05) is 13.8 Å². The lowest BCUT2D eigenvalue weighted by Gasteiger charge is -2.06. The Bertz CT molecular complexity index is 263. The van der Waals surface area contributed by atoms with E-state index in [0.29, 0.717) is 5.69 Å². The lowest BCUT2D eigenvalue weighted by molar-refractivity contribution is 0.516. The van der Waals surface area contributed by atoms with Gasteiger partial charge in [-0.15, -0.1) is 0 Å². The number of halogens is 2. The van der Waals surface area contributed by atoms with E-state index in [1.165, 1.54) is 11.6 Å². The highest BCUT2D eigenvalue weighted by molar-refractivity contribution is 5.14. The second-order valence-corrected chi connectivity index (χ2v) is 2.91. The molecule has 1 heterocycles. The summed E-state index contributed by atoms with van der Waals surface area (Å²) in [6, 6.07) is 0.912. The van der Waals surface area contributed by atoms with Gasteiger partial charge in [-0.1, -0.05) is 13.8 Å². The van der Waals surface area contributed by atoms with Gasteiger partial charge in [0.2, 0.25) is 0 Å². The lowest BCUT2D eigenvalue weighted by atomic mass is 10.1. The van der Waals surface area contributed by atoms with Crippen LogP contribution in [0.1, 0.15) is 25.5 Å². The molecule has 1 nitrogen and oxygen atoms in total. The van der Waals surface area contributed by atoms with Crippen molar-refractivity contribution in [3.05, 3.63) is 23.5 Å². The van der Waals surface area contributed by atoms with Crippen LogP contribution in [0.3, 0.4) is 0 Å². The van der Waals surface area contributed by atoms with Crippen molar-refractivity contribution in [2.75, 3.05) is 0 Å². The molecule has 3 heteroatoms. The maximum Gasteiger partial charge on any atom is 0.196 e. The Balaban J connectivity index is 3.22. The van der Waals surface area contributed by atoms with Gasteiger partial charge in [-0.3, -0.25) is 0 Å². The molecule has 0 saturated carbocycles. The number of nitrogens with zero attached hydrogens (tertiary/aromatic N) is 1. The fourth-order valence-corrected chi connectivity index (χ4v) is 1.21. The van der Waals surface area contributed by atoms with Crippen LogP contribution in [-0.4, -0.2) is 4.57 Å². The van der Waals surface area contributed by atoms with E-state index >= 15 is 0 Å². The third-order valence-corrected chi connectivity index (χ3v) is 1.72. The zero-order valence-corrected chi connectivity index (χ0v) is 6.86. The van der Waals surface area contributed by atoms with Crippen molar-refractivity contribution < 1.29 is 8.78 Å².